The number of hydrogen-bond acceptors (Lipinski definition) is 4. The van der Waals surface area contributed by atoms with Crippen LogP contribution in [0, 0.1) is 5.82 Å². The number of hydrogen-bond donors (Lipinski definition) is 2. The molecule has 0 heterocycles. The molecule has 0 fully saturated rings. The first kappa shape index (κ1) is 19.9. The number of ether oxygens (including phenoxy) is 2. The predicted octanol–water partition coefficient (Wildman–Crippen LogP) is 3.87. The maximum absolute atomic E-state index is 13.4. The number of methoxy groups -OCH3 is 2. The molecule has 0 saturated heterocycles. The van der Waals surface area contributed by atoms with Gasteiger partial charge in [-0.05, 0) is 41.0 Å². The van der Waals surface area contributed by atoms with Gasteiger partial charge in [0.05, 0.1) is 14.2 Å². The average molecular weight is 381 g/mol. The third-order valence-electron chi connectivity index (χ3n) is 4.73. The maximum atomic E-state index is 13.4. The first-order valence-electron chi connectivity index (χ1n) is 9.02. The van der Waals surface area contributed by atoms with Gasteiger partial charge in [-0.25, -0.2) is 4.39 Å². The molecule has 4 nitrogen and oxygen atoms in total. The molecule has 0 amide bonds. The van der Waals surface area contributed by atoms with Gasteiger partial charge in [-0.2, -0.15) is 0 Å². The zero-order chi connectivity index (χ0) is 20.0. The quantitative estimate of drug-likeness (QED) is 0.622. The minimum atomic E-state index is -1.29. The second-order valence-electron chi connectivity index (χ2n) is 6.53. The second kappa shape index (κ2) is 8.87. The minimum Gasteiger partial charge on any atom is -0.493 e. The largest absolute Gasteiger partial charge is 0.493 e. The molecule has 3 aromatic carbocycles. The highest BCUT2D eigenvalue weighted by atomic mass is 19.1. The van der Waals surface area contributed by atoms with Crippen LogP contribution < -0.4 is 14.8 Å². The van der Waals surface area contributed by atoms with E-state index in [2.05, 4.69) is 5.32 Å². The van der Waals surface area contributed by atoms with E-state index in [1.807, 2.05) is 48.5 Å². The number of rotatable bonds is 8. The Morgan fingerprint density at radius 1 is 0.857 bits per heavy atom. The molecule has 3 aromatic rings. The van der Waals surface area contributed by atoms with Crippen molar-refractivity contribution in [1.82, 2.24) is 5.32 Å². The van der Waals surface area contributed by atoms with Gasteiger partial charge >= 0.3 is 0 Å². The van der Waals surface area contributed by atoms with Crippen LogP contribution in [-0.2, 0) is 12.1 Å². The van der Waals surface area contributed by atoms with Gasteiger partial charge < -0.3 is 19.9 Å². The second-order valence-corrected chi connectivity index (χ2v) is 6.53. The molecule has 0 bridgehead atoms. The van der Waals surface area contributed by atoms with Crippen molar-refractivity contribution in [2.75, 3.05) is 20.8 Å². The Labute approximate surface area is 164 Å². The summed E-state index contributed by atoms with van der Waals surface area (Å²) in [5, 5.41) is 14.8. The topological polar surface area (TPSA) is 50.7 Å². The lowest BCUT2D eigenvalue weighted by molar-refractivity contribution is 0.0795. The summed E-state index contributed by atoms with van der Waals surface area (Å²) in [5.74, 6) is 0.981. The molecule has 2 N–H and O–H groups in total. The van der Waals surface area contributed by atoms with Crippen LogP contribution in [0.5, 0.6) is 11.5 Å². The van der Waals surface area contributed by atoms with E-state index in [0.29, 0.717) is 23.6 Å². The molecule has 3 rings (SSSR count). The van der Waals surface area contributed by atoms with Gasteiger partial charge in [0.15, 0.2) is 11.5 Å². The molecule has 0 saturated carbocycles. The Kier molecular flexibility index (Phi) is 6.29. The Hall–Kier alpha value is -2.89. The summed E-state index contributed by atoms with van der Waals surface area (Å²) in [5.41, 5.74) is 1.07. The third kappa shape index (κ3) is 4.32. The average Bonchev–Trinajstić information content (AvgIpc) is 2.74. The zero-order valence-electron chi connectivity index (χ0n) is 16.0. The number of nitrogens with one attached hydrogen (secondary N) is 1. The molecule has 5 heteroatoms. The predicted molar refractivity (Wildman–Crippen MR) is 107 cm³/mol. The fourth-order valence-corrected chi connectivity index (χ4v) is 3.19. The molecule has 0 aliphatic carbocycles. The van der Waals surface area contributed by atoms with Crippen LogP contribution in [0.3, 0.4) is 0 Å². The van der Waals surface area contributed by atoms with Crippen LogP contribution in [0.4, 0.5) is 4.39 Å². The van der Waals surface area contributed by atoms with E-state index in [4.69, 9.17) is 9.47 Å². The summed E-state index contributed by atoms with van der Waals surface area (Å²) >= 11 is 0. The highest BCUT2D eigenvalue weighted by molar-refractivity contribution is 5.43. The van der Waals surface area contributed by atoms with Crippen LogP contribution >= 0.6 is 0 Å². The molecule has 146 valence electrons. The van der Waals surface area contributed by atoms with Crippen LogP contribution in [0.2, 0.25) is 0 Å². The maximum Gasteiger partial charge on any atom is 0.161 e. The van der Waals surface area contributed by atoms with Crippen molar-refractivity contribution in [3.05, 3.63) is 95.3 Å². The van der Waals surface area contributed by atoms with Crippen molar-refractivity contribution >= 4 is 0 Å². The van der Waals surface area contributed by atoms with Crippen molar-refractivity contribution < 1.29 is 19.0 Å². The normalized spacial score (nSPS) is 13.0. The number of benzene rings is 3. The number of halogens is 1. The molecular weight excluding hydrogens is 357 g/mol. The van der Waals surface area contributed by atoms with E-state index >= 15 is 0 Å². The third-order valence-corrected chi connectivity index (χ3v) is 4.73. The Morgan fingerprint density at radius 3 is 2.14 bits per heavy atom. The summed E-state index contributed by atoms with van der Waals surface area (Å²) in [6, 6.07) is 21.0. The summed E-state index contributed by atoms with van der Waals surface area (Å²) < 4.78 is 24.0. The molecular formula is C23H24FNO3. The lowest BCUT2D eigenvalue weighted by atomic mass is 9.86. The van der Waals surface area contributed by atoms with Gasteiger partial charge in [-0.15, -0.1) is 0 Å². The monoisotopic (exact) mass is 381 g/mol. The minimum absolute atomic E-state index is 0.261. The Morgan fingerprint density at radius 2 is 1.50 bits per heavy atom. The molecule has 0 aliphatic rings. The van der Waals surface area contributed by atoms with E-state index in [9.17, 15) is 9.50 Å². The van der Waals surface area contributed by atoms with Crippen molar-refractivity contribution in [3.8, 4) is 11.5 Å². The number of aliphatic hydroxyl groups is 1. The lowest BCUT2D eigenvalue weighted by Gasteiger charge is -2.30. The van der Waals surface area contributed by atoms with Gasteiger partial charge in [-0.1, -0.05) is 48.5 Å². The molecule has 0 unspecified atom stereocenters. The Balaban J connectivity index is 1.80. The first-order chi connectivity index (χ1) is 13.6. The molecule has 0 aliphatic heterocycles. The van der Waals surface area contributed by atoms with Crippen LogP contribution in [0.1, 0.15) is 16.7 Å². The molecule has 28 heavy (non-hydrogen) atoms. The van der Waals surface area contributed by atoms with Crippen molar-refractivity contribution in [3.63, 3.8) is 0 Å². The summed E-state index contributed by atoms with van der Waals surface area (Å²) in [6.07, 6.45) is 0. The van der Waals surface area contributed by atoms with E-state index in [0.717, 1.165) is 11.1 Å². The van der Waals surface area contributed by atoms with Gasteiger partial charge in [0.1, 0.15) is 11.4 Å². The summed E-state index contributed by atoms with van der Waals surface area (Å²) in [6.45, 7) is 0.785. The summed E-state index contributed by atoms with van der Waals surface area (Å²) in [7, 11) is 3.19. The fraction of sp³-hybridized carbons (Fsp3) is 0.217. The molecule has 1 atom stereocenters. The van der Waals surface area contributed by atoms with Gasteiger partial charge in [0.2, 0.25) is 0 Å². The van der Waals surface area contributed by atoms with Gasteiger partial charge in [-0.3, -0.25) is 0 Å². The van der Waals surface area contributed by atoms with E-state index in [1.165, 1.54) is 12.1 Å². The van der Waals surface area contributed by atoms with Crippen LogP contribution in [0.25, 0.3) is 0 Å². The van der Waals surface area contributed by atoms with Crippen molar-refractivity contribution in [2.24, 2.45) is 0 Å². The SMILES string of the molecule is COc1ccc(CNC[C@@](O)(c2ccccc2)c2ccc(F)cc2)cc1OC. The van der Waals surface area contributed by atoms with E-state index in [-0.39, 0.29) is 12.4 Å². The molecule has 0 aromatic heterocycles. The fourth-order valence-electron chi connectivity index (χ4n) is 3.19. The van der Waals surface area contributed by atoms with Gasteiger partial charge in [0, 0.05) is 13.1 Å². The van der Waals surface area contributed by atoms with E-state index < -0.39 is 5.60 Å². The highest BCUT2D eigenvalue weighted by Gasteiger charge is 2.31. The molecule has 0 spiro atoms. The lowest BCUT2D eigenvalue weighted by Crippen LogP contribution is -2.39. The van der Waals surface area contributed by atoms with Crippen molar-refractivity contribution in [1.29, 1.82) is 0 Å². The van der Waals surface area contributed by atoms with Crippen LogP contribution in [0.15, 0.2) is 72.8 Å². The highest BCUT2D eigenvalue weighted by Crippen LogP contribution is 2.30. The van der Waals surface area contributed by atoms with Crippen LogP contribution in [-0.4, -0.2) is 25.9 Å². The van der Waals surface area contributed by atoms with Gasteiger partial charge in [0.25, 0.3) is 0 Å². The van der Waals surface area contributed by atoms with Crippen molar-refractivity contribution in [2.45, 2.75) is 12.1 Å². The summed E-state index contributed by atoms with van der Waals surface area (Å²) in [4.78, 5) is 0. The Bertz CT molecular complexity index is 899. The van der Waals surface area contributed by atoms with E-state index in [1.54, 1.807) is 26.4 Å². The zero-order valence-corrected chi connectivity index (χ0v) is 16.0. The standard InChI is InChI=1S/C23H24FNO3/c1-27-21-13-8-17(14-22(21)28-2)15-25-16-23(26,18-6-4-3-5-7-18)19-9-11-20(24)12-10-19/h3-14,25-26H,15-16H2,1-2H3/t23-/m1/s1. The first-order valence-corrected chi connectivity index (χ1v) is 9.02. The molecule has 0 radical (unpaired) electrons. The smallest absolute Gasteiger partial charge is 0.161 e.